The molecule has 1 rings (SSSR count). The van der Waals surface area contributed by atoms with Gasteiger partial charge in [0.05, 0.1) is 24.6 Å². The number of benzene rings is 1. The predicted octanol–water partition coefficient (Wildman–Crippen LogP) is 3.33. The summed E-state index contributed by atoms with van der Waals surface area (Å²) in [4.78, 5) is 11.4. The Morgan fingerprint density at radius 3 is 2.56 bits per heavy atom. The first-order valence-corrected chi connectivity index (χ1v) is 6.34. The van der Waals surface area contributed by atoms with Crippen LogP contribution in [-0.2, 0) is 16.0 Å². The molecular weight excluding hydrogens is 340 g/mol. The van der Waals surface area contributed by atoms with E-state index in [1.165, 1.54) is 0 Å². The van der Waals surface area contributed by atoms with Crippen LogP contribution in [0.2, 0.25) is 0 Å². The highest BCUT2D eigenvalue weighted by Gasteiger charge is 2.11. The first-order chi connectivity index (χ1) is 7.58. The fourth-order valence-electron chi connectivity index (χ4n) is 1.23. The second-order valence-corrected chi connectivity index (χ2v) is 4.77. The first kappa shape index (κ1) is 13.5. The van der Waals surface area contributed by atoms with Gasteiger partial charge in [-0.3, -0.25) is 4.79 Å². The van der Waals surface area contributed by atoms with Crippen LogP contribution in [0.1, 0.15) is 12.5 Å². The van der Waals surface area contributed by atoms with E-state index in [4.69, 9.17) is 9.47 Å². The van der Waals surface area contributed by atoms with Gasteiger partial charge in [0.25, 0.3) is 0 Å². The molecule has 5 heteroatoms. The Labute approximate surface area is 111 Å². The molecule has 3 nitrogen and oxygen atoms in total. The highest BCUT2D eigenvalue weighted by atomic mass is 79.9. The Balaban J connectivity index is 2.91. The van der Waals surface area contributed by atoms with Crippen molar-refractivity contribution in [3.63, 3.8) is 0 Å². The van der Waals surface area contributed by atoms with E-state index in [0.717, 1.165) is 14.5 Å². The number of carbonyl (C=O) groups is 1. The van der Waals surface area contributed by atoms with Gasteiger partial charge in [-0.1, -0.05) is 15.9 Å². The van der Waals surface area contributed by atoms with Gasteiger partial charge in [0, 0.05) is 4.47 Å². The van der Waals surface area contributed by atoms with Gasteiger partial charge in [0.15, 0.2) is 0 Å². The van der Waals surface area contributed by atoms with Gasteiger partial charge in [-0.15, -0.1) is 0 Å². The molecule has 1 aromatic carbocycles. The topological polar surface area (TPSA) is 35.5 Å². The Kier molecular flexibility index (Phi) is 5.28. The standard InChI is InChI=1S/C11H12Br2O3/c1-3-16-11(14)5-7-4-10(15-2)9(13)6-8(7)12/h4,6H,3,5H2,1-2H3. The molecule has 0 unspecified atom stereocenters. The summed E-state index contributed by atoms with van der Waals surface area (Å²) in [5, 5.41) is 0. The van der Waals surface area contributed by atoms with E-state index < -0.39 is 0 Å². The van der Waals surface area contributed by atoms with Crippen LogP contribution >= 0.6 is 31.9 Å². The van der Waals surface area contributed by atoms with Crippen molar-refractivity contribution < 1.29 is 14.3 Å². The van der Waals surface area contributed by atoms with Gasteiger partial charge in [-0.05, 0) is 40.5 Å². The zero-order valence-electron chi connectivity index (χ0n) is 9.05. The summed E-state index contributed by atoms with van der Waals surface area (Å²) in [7, 11) is 1.59. The summed E-state index contributed by atoms with van der Waals surface area (Å²) >= 11 is 6.76. The quantitative estimate of drug-likeness (QED) is 0.780. The molecule has 0 N–H and O–H groups in total. The molecule has 0 spiro atoms. The number of hydrogen-bond donors (Lipinski definition) is 0. The normalized spacial score (nSPS) is 10.0. The van der Waals surface area contributed by atoms with Crippen molar-refractivity contribution in [3.8, 4) is 5.75 Å². The lowest BCUT2D eigenvalue weighted by atomic mass is 10.1. The van der Waals surface area contributed by atoms with Crippen LogP contribution < -0.4 is 4.74 Å². The number of esters is 1. The number of hydrogen-bond acceptors (Lipinski definition) is 3. The maximum Gasteiger partial charge on any atom is 0.310 e. The van der Waals surface area contributed by atoms with Gasteiger partial charge >= 0.3 is 5.97 Å². The SMILES string of the molecule is CCOC(=O)Cc1cc(OC)c(Br)cc1Br. The van der Waals surface area contributed by atoms with Crippen LogP contribution in [0.25, 0.3) is 0 Å². The summed E-state index contributed by atoms with van der Waals surface area (Å²) in [6, 6.07) is 3.67. The van der Waals surface area contributed by atoms with Gasteiger partial charge in [0.2, 0.25) is 0 Å². The van der Waals surface area contributed by atoms with E-state index in [9.17, 15) is 4.79 Å². The van der Waals surface area contributed by atoms with Crippen molar-refractivity contribution in [1.29, 1.82) is 0 Å². The molecule has 0 aliphatic rings. The van der Waals surface area contributed by atoms with Crippen LogP contribution in [0.5, 0.6) is 5.75 Å². The Morgan fingerprint density at radius 2 is 2.00 bits per heavy atom. The third-order valence-electron chi connectivity index (χ3n) is 1.96. The van der Waals surface area contributed by atoms with E-state index in [0.29, 0.717) is 12.4 Å². The molecule has 0 amide bonds. The number of carbonyl (C=O) groups excluding carboxylic acids is 1. The van der Waals surface area contributed by atoms with Crippen molar-refractivity contribution in [2.75, 3.05) is 13.7 Å². The molecular formula is C11H12Br2O3. The molecule has 0 aromatic heterocycles. The average Bonchev–Trinajstić information content (AvgIpc) is 2.22. The predicted molar refractivity (Wildman–Crippen MR) is 68.7 cm³/mol. The van der Waals surface area contributed by atoms with E-state index in [2.05, 4.69) is 31.9 Å². The smallest absolute Gasteiger partial charge is 0.310 e. The summed E-state index contributed by atoms with van der Waals surface area (Å²) in [6.07, 6.45) is 0.234. The molecule has 0 heterocycles. The van der Waals surface area contributed by atoms with Crippen LogP contribution in [0.3, 0.4) is 0 Å². The molecule has 88 valence electrons. The van der Waals surface area contributed by atoms with E-state index >= 15 is 0 Å². The minimum atomic E-state index is -0.243. The summed E-state index contributed by atoms with van der Waals surface area (Å²) in [6.45, 7) is 2.18. The Morgan fingerprint density at radius 1 is 1.31 bits per heavy atom. The molecule has 0 atom stereocenters. The second-order valence-electron chi connectivity index (χ2n) is 3.06. The monoisotopic (exact) mass is 350 g/mol. The maximum atomic E-state index is 11.4. The number of halogens is 2. The molecule has 0 aliphatic carbocycles. The Bertz CT molecular complexity index is 391. The minimum Gasteiger partial charge on any atom is -0.496 e. The Hall–Kier alpha value is -0.550. The first-order valence-electron chi connectivity index (χ1n) is 4.76. The largest absolute Gasteiger partial charge is 0.496 e. The van der Waals surface area contributed by atoms with Gasteiger partial charge in [-0.2, -0.15) is 0 Å². The second kappa shape index (κ2) is 6.25. The van der Waals surface area contributed by atoms with Gasteiger partial charge in [0.1, 0.15) is 5.75 Å². The lowest BCUT2D eigenvalue weighted by Gasteiger charge is -2.09. The fraction of sp³-hybridized carbons (Fsp3) is 0.364. The summed E-state index contributed by atoms with van der Waals surface area (Å²) in [5.74, 6) is 0.454. The molecule has 0 fully saturated rings. The molecule has 0 saturated heterocycles. The van der Waals surface area contributed by atoms with Crippen LogP contribution in [0.4, 0.5) is 0 Å². The van der Waals surface area contributed by atoms with Crippen molar-refractivity contribution in [3.05, 3.63) is 26.6 Å². The van der Waals surface area contributed by atoms with E-state index in [1.807, 2.05) is 12.1 Å². The van der Waals surface area contributed by atoms with E-state index in [-0.39, 0.29) is 12.4 Å². The number of ether oxygens (including phenoxy) is 2. The summed E-state index contributed by atoms with van der Waals surface area (Å²) < 4.78 is 11.8. The van der Waals surface area contributed by atoms with Crippen molar-refractivity contribution in [2.45, 2.75) is 13.3 Å². The molecule has 0 radical (unpaired) electrons. The van der Waals surface area contributed by atoms with Crippen molar-refractivity contribution in [1.82, 2.24) is 0 Å². The minimum absolute atomic E-state index is 0.234. The number of rotatable bonds is 4. The van der Waals surface area contributed by atoms with Crippen LogP contribution in [0.15, 0.2) is 21.1 Å². The highest BCUT2D eigenvalue weighted by Crippen LogP contribution is 2.31. The van der Waals surface area contributed by atoms with Crippen molar-refractivity contribution >= 4 is 37.8 Å². The zero-order chi connectivity index (χ0) is 12.1. The average molecular weight is 352 g/mol. The van der Waals surface area contributed by atoms with Crippen molar-refractivity contribution in [2.24, 2.45) is 0 Å². The third-order valence-corrected chi connectivity index (χ3v) is 3.32. The molecule has 1 aromatic rings. The third kappa shape index (κ3) is 3.49. The number of methoxy groups -OCH3 is 1. The van der Waals surface area contributed by atoms with E-state index in [1.54, 1.807) is 14.0 Å². The molecule has 0 bridgehead atoms. The molecule has 0 aliphatic heterocycles. The molecule has 16 heavy (non-hydrogen) atoms. The lowest BCUT2D eigenvalue weighted by Crippen LogP contribution is -2.08. The van der Waals surface area contributed by atoms with Gasteiger partial charge in [-0.25, -0.2) is 0 Å². The van der Waals surface area contributed by atoms with Crippen LogP contribution in [-0.4, -0.2) is 19.7 Å². The lowest BCUT2D eigenvalue weighted by molar-refractivity contribution is -0.142. The fourth-order valence-corrected chi connectivity index (χ4v) is 2.53. The zero-order valence-corrected chi connectivity index (χ0v) is 12.2. The van der Waals surface area contributed by atoms with Crippen LogP contribution in [0, 0.1) is 0 Å². The summed E-state index contributed by atoms with van der Waals surface area (Å²) in [5.41, 5.74) is 0.846. The highest BCUT2D eigenvalue weighted by molar-refractivity contribution is 9.11. The van der Waals surface area contributed by atoms with Gasteiger partial charge < -0.3 is 9.47 Å². The molecule has 0 saturated carbocycles. The maximum absolute atomic E-state index is 11.4.